The standard InChI is InChI=1S/C18H19FN2O4/c1-11-15(18(23)24)3-2-8-21(11)16(22)9-14-10-25-17(20-14)12-4-6-13(19)7-5-12/h4-7,10-11,15H,2-3,8-9H2,1H3,(H,23,24)/t11-,15-/m1/s1. The Morgan fingerprint density at radius 1 is 1.36 bits per heavy atom. The number of carboxylic acids is 1. The van der Waals surface area contributed by atoms with Crippen LogP contribution in [0.2, 0.25) is 0 Å². The molecule has 7 heteroatoms. The molecule has 3 rings (SSSR count). The molecule has 1 aromatic heterocycles. The fourth-order valence-electron chi connectivity index (χ4n) is 3.19. The zero-order valence-corrected chi connectivity index (χ0v) is 13.8. The summed E-state index contributed by atoms with van der Waals surface area (Å²) < 4.78 is 18.3. The van der Waals surface area contributed by atoms with Crippen molar-refractivity contribution in [2.75, 3.05) is 6.54 Å². The lowest BCUT2D eigenvalue weighted by molar-refractivity contribution is -0.148. The molecule has 2 aromatic rings. The number of carbonyl (C=O) groups excluding carboxylic acids is 1. The van der Waals surface area contributed by atoms with Crippen molar-refractivity contribution in [2.24, 2.45) is 5.92 Å². The Labute approximate surface area is 144 Å². The molecular weight excluding hydrogens is 327 g/mol. The van der Waals surface area contributed by atoms with Gasteiger partial charge >= 0.3 is 5.97 Å². The first-order valence-corrected chi connectivity index (χ1v) is 8.18. The van der Waals surface area contributed by atoms with Crippen LogP contribution in [-0.2, 0) is 16.0 Å². The second-order valence-corrected chi connectivity index (χ2v) is 6.24. The number of benzene rings is 1. The van der Waals surface area contributed by atoms with Crippen LogP contribution in [0.5, 0.6) is 0 Å². The molecule has 132 valence electrons. The van der Waals surface area contributed by atoms with Gasteiger partial charge in [0.15, 0.2) is 0 Å². The number of rotatable bonds is 4. The number of nitrogens with zero attached hydrogens (tertiary/aromatic N) is 2. The fourth-order valence-corrected chi connectivity index (χ4v) is 3.19. The van der Waals surface area contributed by atoms with Crippen molar-refractivity contribution in [3.8, 4) is 11.5 Å². The number of hydrogen-bond acceptors (Lipinski definition) is 4. The number of carbonyl (C=O) groups is 2. The molecule has 1 fully saturated rings. The average molecular weight is 346 g/mol. The van der Waals surface area contributed by atoms with Gasteiger partial charge in [-0.15, -0.1) is 0 Å². The highest BCUT2D eigenvalue weighted by Gasteiger charge is 2.35. The summed E-state index contributed by atoms with van der Waals surface area (Å²) in [6, 6.07) is 5.38. The van der Waals surface area contributed by atoms with Crippen molar-refractivity contribution in [1.82, 2.24) is 9.88 Å². The third-order valence-electron chi connectivity index (χ3n) is 4.60. The second kappa shape index (κ2) is 7.04. The number of likely N-dealkylation sites (tertiary alicyclic amines) is 1. The second-order valence-electron chi connectivity index (χ2n) is 6.24. The number of carboxylic acid groups (broad SMARTS) is 1. The van der Waals surface area contributed by atoms with Gasteiger partial charge in [-0.2, -0.15) is 0 Å². The van der Waals surface area contributed by atoms with E-state index in [9.17, 15) is 19.1 Å². The largest absolute Gasteiger partial charge is 0.481 e. The molecule has 1 aliphatic heterocycles. The van der Waals surface area contributed by atoms with Gasteiger partial charge in [-0.3, -0.25) is 9.59 Å². The van der Waals surface area contributed by atoms with Crippen molar-refractivity contribution >= 4 is 11.9 Å². The van der Waals surface area contributed by atoms with Gasteiger partial charge < -0.3 is 14.4 Å². The maximum Gasteiger partial charge on any atom is 0.308 e. The van der Waals surface area contributed by atoms with Gasteiger partial charge in [-0.1, -0.05) is 0 Å². The molecule has 0 radical (unpaired) electrons. The molecule has 0 saturated carbocycles. The molecule has 0 bridgehead atoms. The lowest BCUT2D eigenvalue weighted by Gasteiger charge is -2.37. The minimum absolute atomic E-state index is 0.0430. The number of oxazole rings is 1. The van der Waals surface area contributed by atoms with Crippen LogP contribution in [0.15, 0.2) is 34.9 Å². The Hall–Kier alpha value is -2.70. The highest BCUT2D eigenvalue weighted by Crippen LogP contribution is 2.25. The first-order valence-electron chi connectivity index (χ1n) is 8.18. The van der Waals surface area contributed by atoms with E-state index in [1.165, 1.54) is 18.4 Å². The van der Waals surface area contributed by atoms with E-state index in [0.717, 1.165) is 0 Å². The highest BCUT2D eigenvalue weighted by molar-refractivity contribution is 5.80. The summed E-state index contributed by atoms with van der Waals surface area (Å²) in [5.74, 6) is -1.61. The van der Waals surface area contributed by atoms with Gasteiger partial charge in [0, 0.05) is 18.2 Å². The Morgan fingerprint density at radius 3 is 2.76 bits per heavy atom. The molecule has 1 saturated heterocycles. The first kappa shape index (κ1) is 17.1. The minimum atomic E-state index is -0.870. The van der Waals surface area contributed by atoms with Gasteiger partial charge in [0.25, 0.3) is 0 Å². The topological polar surface area (TPSA) is 83.6 Å². The van der Waals surface area contributed by atoms with Crippen molar-refractivity contribution < 1.29 is 23.5 Å². The molecule has 6 nitrogen and oxygen atoms in total. The average Bonchev–Trinajstić information content (AvgIpc) is 3.03. The molecule has 1 aliphatic rings. The summed E-state index contributed by atoms with van der Waals surface area (Å²) in [6.07, 6.45) is 2.70. The number of hydrogen-bond donors (Lipinski definition) is 1. The van der Waals surface area contributed by atoms with Gasteiger partial charge in [0.2, 0.25) is 11.8 Å². The molecule has 0 unspecified atom stereocenters. The Bertz CT molecular complexity index is 772. The maximum absolute atomic E-state index is 13.0. The number of aromatic nitrogens is 1. The van der Waals surface area contributed by atoms with Crippen LogP contribution in [0, 0.1) is 11.7 Å². The Morgan fingerprint density at radius 2 is 2.08 bits per heavy atom. The molecule has 1 N–H and O–H groups in total. The normalized spacial score (nSPS) is 20.5. The van der Waals surface area contributed by atoms with E-state index in [-0.39, 0.29) is 24.2 Å². The molecule has 1 aromatic carbocycles. The predicted molar refractivity (Wildman–Crippen MR) is 87.1 cm³/mol. The number of amides is 1. The van der Waals surface area contributed by atoms with Gasteiger partial charge in [0.05, 0.1) is 18.0 Å². The first-order chi connectivity index (χ1) is 12.0. The van der Waals surface area contributed by atoms with Crippen LogP contribution >= 0.6 is 0 Å². The minimum Gasteiger partial charge on any atom is -0.481 e. The van der Waals surface area contributed by atoms with Crippen LogP contribution in [0.4, 0.5) is 4.39 Å². The lowest BCUT2D eigenvalue weighted by Crippen LogP contribution is -2.49. The SMILES string of the molecule is C[C@@H]1[C@H](C(=O)O)CCCN1C(=O)Cc1coc(-c2ccc(F)cc2)n1. The van der Waals surface area contributed by atoms with Crippen LogP contribution in [0.1, 0.15) is 25.5 Å². The zero-order valence-electron chi connectivity index (χ0n) is 13.8. The monoisotopic (exact) mass is 346 g/mol. The highest BCUT2D eigenvalue weighted by atomic mass is 19.1. The third-order valence-corrected chi connectivity index (χ3v) is 4.60. The van der Waals surface area contributed by atoms with Crippen molar-refractivity contribution in [1.29, 1.82) is 0 Å². The van der Waals surface area contributed by atoms with Crippen LogP contribution in [0.3, 0.4) is 0 Å². The van der Waals surface area contributed by atoms with Gasteiger partial charge in [-0.25, -0.2) is 9.37 Å². The summed E-state index contributed by atoms with van der Waals surface area (Å²) in [7, 11) is 0. The molecule has 25 heavy (non-hydrogen) atoms. The van der Waals surface area contributed by atoms with Crippen LogP contribution < -0.4 is 0 Å². The summed E-state index contributed by atoms with van der Waals surface area (Å²) >= 11 is 0. The fraction of sp³-hybridized carbons (Fsp3) is 0.389. The summed E-state index contributed by atoms with van der Waals surface area (Å²) in [5, 5.41) is 9.25. The van der Waals surface area contributed by atoms with Crippen LogP contribution in [-0.4, -0.2) is 39.5 Å². The molecule has 0 spiro atoms. The summed E-state index contributed by atoms with van der Waals surface area (Å²) in [6.45, 7) is 2.31. The van der Waals surface area contributed by atoms with Crippen molar-refractivity contribution in [3.63, 3.8) is 0 Å². The quantitative estimate of drug-likeness (QED) is 0.920. The van der Waals surface area contributed by atoms with Gasteiger partial charge in [-0.05, 0) is 44.0 Å². The number of piperidine rings is 1. The summed E-state index contributed by atoms with van der Waals surface area (Å²) in [5.41, 5.74) is 1.09. The maximum atomic E-state index is 13.0. The van der Waals surface area contributed by atoms with E-state index in [0.29, 0.717) is 36.5 Å². The van der Waals surface area contributed by atoms with Crippen molar-refractivity contribution in [2.45, 2.75) is 32.2 Å². The number of halogens is 1. The van der Waals surface area contributed by atoms with E-state index in [4.69, 9.17) is 4.42 Å². The van der Waals surface area contributed by atoms with Crippen molar-refractivity contribution in [3.05, 3.63) is 42.0 Å². The number of aliphatic carboxylic acids is 1. The van der Waals surface area contributed by atoms with E-state index < -0.39 is 11.9 Å². The molecule has 2 heterocycles. The van der Waals surface area contributed by atoms with E-state index in [1.54, 1.807) is 24.0 Å². The smallest absolute Gasteiger partial charge is 0.308 e. The predicted octanol–water partition coefficient (Wildman–Crippen LogP) is 2.73. The van der Waals surface area contributed by atoms with Crippen LogP contribution in [0.25, 0.3) is 11.5 Å². The molecule has 0 aliphatic carbocycles. The lowest BCUT2D eigenvalue weighted by atomic mass is 9.90. The Balaban J connectivity index is 1.69. The van der Waals surface area contributed by atoms with E-state index in [2.05, 4.69) is 4.98 Å². The summed E-state index contributed by atoms with van der Waals surface area (Å²) in [4.78, 5) is 29.7. The molecule has 1 amide bonds. The van der Waals surface area contributed by atoms with E-state index in [1.807, 2.05) is 0 Å². The Kier molecular flexibility index (Phi) is 4.83. The van der Waals surface area contributed by atoms with E-state index >= 15 is 0 Å². The third kappa shape index (κ3) is 3.70. The van der Waals surface area contributed by atoms with Gasteiger partial charge in [0.1, 0.15) is 12.1 Å². The molecule has 2 atom stereocenters. The molecular formula is C18H19FN2O4. The zero-order chi connectivity index (χ0) is 18.0.